The van der Waals surface area contributed by atoms with Crippen LogP contribution in [-0.2, 0) is 13.6 Å². The van der Waals surface area contributed by atoms with Crippen molar-refractivity contribution in [1.82, 2.24) is 14.7 Å². The highest BCUT2D eigenvalue weighted by Gasteiger charge is 2.26. The van der Waals surface area contributed by atoms with Crippen LogP contribution >= 0.6 is 0 Å². The fourth-order valence-electron chi connectivity index (χ4n) is 2.37. The van der Waals surface area contributed by atoms with Crippen LogP contribution in [0.2, 0.25) is 0 Å². The number of nitrogens with zero attached hydrogens (tertiary/aromatic N) is 4. The van der Waals surface area contributed by atoms with E-state index in [2.05, 4.69) is 15.2 Å². The molecule has 94 valence electrons. The van der Waals surface area contributed by atoms with Gasteiger partial charge in [0.25, 0.3) is 0 Å². The summed E-state index contributed by atoms with van der Waals surface area (Å²) in [6.45, 7) is 1.78. The van der Waals surface area contributed by atoms with Crippen LogP contribution in [0.3, 0.4) is 0 Å². The Morgan fingerprint density at radius 2 is 2.47 bits per heavy atom. The van der Waals surface area contributed by atoms with Crippen molar-refractivity contribution in [3.63, 3.8) is 0 Å². The largest absolute Gasteiger partial charge is 0.409 e. The van der Waals surface area contributed by atoms with Gasteiger partial charge in [0.2, 0.25) is 0 Å². The van der Waals surface area contributed by atoms with Crippen LogP contribution in [0.4, 0.5) is 0 Å². The molecule has 0 saturated carbocycles. The van der Waals surface area contributed by atoms with E-state index in [9.17, 15) is 0 Å². The summed E-state index contributed by atoms with van der Waals surface area (Å²) in [5.74, 6) is 0.314. The highest BCUT2D eigenvalue weighted by molar-refractivity contribution is 5.85. The maximum atomic E-state index is 8.79. The summed E-state index contributed by atoms with van der Waals surface area (Å²) in [6, 6.07) is 0.0500. The lowest BCUT2D eigenvalue weighted by Gasteiger charge is -2.34. The number of aryl methyl sites for hydroxylation is 1. The zero-order chi connectivity index (χ0) is 12.3. The fraction of sp³-hybridized carbons (Fsp3) is 0.636. The normalized spacial score (nSPS) is 22.9. The topological polar surface area (TPSA) is 79.7 Å². The molecule has 3 N–H and O–H groups in total. The first-order valence-corrected chi connectivity index (χ1v) is 5.89. The molecule has 0 aliphatic carbocycles. The molecule has 6 heteroatoms. The van der Waals surface area contributed by atoms with E-state index in [1.165, 1.54) is 0 Å². The molecule has 1 aliphatic heterocycles. The minimum atomic E-state index is 0.0500. The van der Waals surface area contributed by atoms with Crippen molar-refractivity contribution >= 4 is 5.84 Å². The van der Waals surface area contributed by atoms with Crippen molar-refractivity contribution in [2.75, 3.05) is 6.54 Å². The number of nitrogens with two attached hydrogens (primary N) is 1. The Morgan fingerprint density at radius 1 is 1.65 bits per heavy atom. The van der Waals surface area contributed by atoms with E-state index < -0.39 is 0 Å². The lowest BCUT2D eigenvalue weighted by atomic mass is 10.0. The molecule has 1 saturated heterocycles. The Balaban J connectivity index is 2.06. The van der Waals surface area contributed by atoms with Crippen molar-refractivity contribution in [3.05, 3.63) is 18.0 Å². The Bertz CT molecular complexity index is 400. The molecule has 1 aromatic heterocycles. The van der Waals surface area contributed by atoms with Crippen molar-refractivity contribution in [2.45, 2.75) is 31.8 Å². The third kappa shape index (κ3) is 2.76. The summed E-state index contributed by atoms with van der Waals surface area (Å²) in [5.41, 5.74) is 6.89. The van der Waals surface area contributed by atoms with Gasteiger partial charge in [-0.3, -0.25) is 9.58 Å². The fourth-order valence-corrected chi connectivity index (χ4v) is 2.37. The van der Waals surface area contributed by atoms with E-state index >= 15 is 0 Å². The van der Waals surface area contributed by atoms with Crippen molar-refractivity contribution in [3.8, 4) is 0 Å². The first kappa shape index (κ1) is 11.9. The van der Waals surface area contributed by atoms with Gasteiger partial charge in [0.1, 0.15) is 0 Å². The zero-order valence-electron chi connectivity index (χ0n) is 10.1. The van der Waals surface area contributed by atoms with Gasteiger partial charge in [0.05, 0.1) is 12.2 Å². The number of hydrogen-bond donors (Lipinski definition) is 2. The van der Waals surface area contributed by atoms with Crippen LogP contribution in [0.1, 0.15) is 24.8 Å². The molecule has 1 atom stereocenters. The first-order valence-electron chi connectivity index (χ1n) is 5.89. The molecule has 0 radical (unpaired) electrons. The highest BCUT2D eigenvalue weighted by atomic mass is 16.4. The summed E-state index contributed by atoms with van der Waals surface area (Å²) in [6.07, 6.45) is 7.10. The number of piperidine rings is 1. The van der Waals surface area contributed by atoms with Gasteiger partial charge in [0, 0.05) is 25.4 Å². The molecule has 0 amide bonds. The molecule has 6 nitrogen and oxygen atoms in total. The van der Waals surface area contributed by atoms with Crippen molar-refractivity contribution in [1.29, 1.82) is 0 Å². The maximum absolute atomic E-state index is 8.79. The smallest absolute Gasteiger partial charge is 0.156 e. The van der Waals surface area contributed by atoms with Crippen LogP contribution in [0.25, 0.3) is 0 Å². The van der Waals surface area contributed by atoms with Gasteiger partial charge >= 0.3 is 0 Å². The predicted molar refractivity (Wildman–Crippen MR) is 64.7 cm³/mol. The summed E-state index contributed by atoms with van der Waals surface area (Å²) in [4.78, 5) is 2.25. The predicted octanol–water partition coefficient (Wildman–Crippen LogP) is 0.521. The van der Waals surface area contributed by atoms with Crippen LogP contribution in [-0.4, -0.2) is 38.3 Å². The Kier molecular flexibility index (Phi) is 3.63. The number of hydrogen-bond acceptors (Lipinski definition) is 4. The van der Waals surface area contributed by atoms with Gasteiger partial charge in [0.15, 0.2) is 5.84 Å². The molecular formula is C11H19N5O. The van der Waals surface area contributed by atoms with Gasteiger partial charge in [-0.05, 0) is 19.4 Å². The summed E-state index contributed by atoms with van der Waals surface area (Å²) >= 11 is 0. The maximum Gasteiger partial charge on any atom is 0.156 e. The number of amidine groups is 1. The third-order valence-electron chi connectivity index (χ3n) is 3.21. The molecule has 1 aliphatic rings. The minimum absolute atomic E-state index is 0.0500. The molecule has 1 fully saturated rings. The molecule has 0 aromatic carbocycles. The number of oxime groups is 1. The zero-order valence-corrected chi connectivity index (χ0v) is 10.1. The van der Waals surface area contributed by atoms with Crippen LogP contribution in [0.5, 0.6) is 0 Å². The third-order valence-corrected chi connectivity index (χ3v) is 3.21. The Morgan fingerprint density at radius 3 is 3.12 bits per heavy atom. The second-order valence-electron chi connectivity index (χ2n) is 4.53. The average molecular weight is 237 g/mol. The highest BCUT2D eigenvalue weighted by Crippen LogP contribution is 2.19. The Labute approximate surface area is 101 Å². The second-order valence-corrected chi connectivity index (χ2v) is 4.53. The van der Waals surface area contributed by atoms with E-state index in [1.807, 2.05) is 19.4 Å². The van der Waals surface area contributed by atoms with E-state index in [1.54, 1.807) is 4.68 Å². The molecule has 0 bridgehead atoms. The molecule has 1 aromatic rings. The number of likely N-dealkylation sites (tertiary alicyclic amines) is 1. The van der Waals surface area contributed by atoms with E-state index in [0.29, 0.717) is 5.84 Å². The van der Waals surface area contributed by atoms with Crippen LogP contribution in [0.15, 0.2) is 17.5 Å². The van der Waals surface area contributed by atoms with E-state index in [0.717, 1.165) is 37.9 Å². The van der Waals surface area contributed by atoms with Gasteiger partial charge < -0.3 is 10.9 Å². The van der Waals surface area contributed by atoms with Gasteiger partial charge in [-0.1, -0.05) is 11.6 Å². The number of aromatic nitrogens is 2. The lowest BCUT2D eigenvalue weighted by Crippen LogP contribution is -2.47. The quantitative estimate of drug-likeness (QED) is 0.348. The standard InChI is InChI=1S/C11H19N5O/c1-15-7-9(6-13-15)8-16-5-3-2-4-10(16)11(12)14-17/h6-7,10,17H,2-5,8H2,1H3,(H2,12,14). The van der Waals surface area contributed by atoms with Crippen LogP contribution in [0, 0.1) is 0 Å². The first-order chi connectivity index (χ1) is 8.20. The van der Waals surface area contributed by atoms with Crippen molar-refractivity contribution in [2.24, 2.45) is 17.9 Å². The molecule has 17 heavy (non-hydrogen) atoms. The van der Waals surface area contributed by atoms with Gasteiger partial charge in [-0.25, -0.2) is 0 Å². The summed E-state index contributed by atoms with van der Waals surface area (Å²) in [5, 5.41) is 16.1. The van der Waals surface area contributed by atoms with Crippen LogP contribution < -0.4 is 5.73 Å². The van der Waals surface area contributed by atoms with E-state index in [4.69, 9.17) is 10.9 Å². The van der Waals surface area contributed by atoms with Crippen molar-refractivity contribution < 1.29 is 5.21 Å². The molecular weight excluding hydrogens is 218 g/mol. The summed E-state index contributed by atoms with van der Waals surface area (Å²) < 4.78 is 1.79. The Hall–Kier alpha value is -1.56. The molecule has 1 unspecified atom stereocenters. The van der Waals surface area contributed by atoms with Gasteiger partial charge in [-0.2, -0.15) is 5.10 Å². The number of rotatable bonds is 3. The SMILES string of the molecule is Cn1cc(CN2CCCCC2C(N)=NO)cn1. The lowest BCUT2D eigenvalue weighted by molar-refractivity contribution is 0.178. The average Bonchev–Trinajstić information content (AvgIpc) is 2.74. The second kappa shape index (κ2) is 5.18. The van der Waals surface area contributed by atoms with Gasteiger partial charge in [-0.15, -0.1) is 0 Å². The monoisotopic (exact) mass is 237 g/mol. The minimum Gasteiger partial charge on any atom is -0.409 e. The molecule has 2 heterocycles. The molecule has 2 rings (SSSR count). The summed E-state index contributed by atoms with van der Waals surface area (Å²) in [7, 11) is 1.90. The molecule has 0 spiro atoms. The van der Waals surface area contributed by atoms with E-state index in [-0.39, 0.29) is 6.04 Å².